The second kappa shape index (κ2) is 5.67. The van der Waals surface area contributed by atoms with E-state index in [9.17, 15) is 9.90 Å². The molecule has 1 N–H and O–H groups in total. The Bertz CT molecular complexity index is 679. The van der Waals surface area contributed by atoms with Crippen LogP contribution in [0.1, 0.15) is 66.6 Å². The van der Waals surface area contributed by atoms with E-state index < -0.39 is 0 Å². The van der Waals surface area contributed by atoms with Crippen molar-refractivity contribution in [2.45, 2.75) is 64.5 Å². The molecule has 3 heteroatoms. The quantitative estimate of drug-likeness (QED) is 0.924. The molecule has 4 rings (SSSR count). The average molecular weight is 327 g/mol. The molecule has 1 saturated heterocycles. The maximum atomic E-state index is 13.4. The fourth-order valence-electron chi connectivity index (χ4n) is 5.05. The summed E-state index contributed by atoms with van der Waals surface area (Å²) in [5.41, 5.74) is 4.16. The number of hydrogen-bond donors (Lipinski definition) is 1. The molecule has 3 atom stereocenters. The first-order valence-electron chi connectivity index (χ1n) is 9.49. The minimum Gasteiger partial charge on any atom is -0.392 e. The lowest BCUT2D eigenvalue weighted by Gasteiger charge is -2.46. The summed E-state index contributed by atoms with van der Waals surface area (Å²) in [4.78, 5) is 15.9. The number of benzene rings is 1. The van der Waals surface area contributed by atoms with Gasteiger partial charge in [0.25, 0.3) is 0 Å². The number of Topliss-reactive ketones (excluding diaryl/α,β-unsaturated/α-hetero) is 1. The number of carbonyl (C=O) groups is 1. The Labute approximate surface area is 145 Å². The SMILES string of the molecule is Cc1cc2c(cc1CO)C(=O)[C@@H]1[C@H](C)[C@@]2(C)CCCN1CC1CC1. The molecule has 130 valence electrons. The molecule has 0 amide bonds. The Kier molecular flexibility index (Phi) is 3.85. The predicted octanol–water partition coefficient (Wildman–Crippen LogP) is 3.45. The van der Waals surface area contributed by atoms with Gasteiger partial charge in [-0.1, -0.05) is 19.9 Å². The van der Waals surface area contributed by atoms with Gasteiger partial charge in [0.15, 0.2) is 5.78 Å². The second-order valence-corrected chi connectivity index (χ2v) is 8.54. The van der Waals surface area contributed by atoms with Crippen molar-refractivity contribution in [1.82, 2.24) is 4.90 Å². The van der Waals surface area contributed by atoms with Crippen molar-refractivity contribution in [2.24, 2.45) is 11.8 Å². The Hall–Kier alpha value is -1.19. The normalized spacial score (nSPS) is 33.2. The molecular weight excluding hydrogens is 298 g/mol. The highest BCUT2D eigenvalue weighted by atomic mass is 16.3. The van der Waals surface area contributed by atoms with Crippen LogP contribution in [0.5, 0.6) is 0 Å². The number of aliphatic hydroxyl groups excluding tert-OH is 1. The number of aliphatic hydroxyl groups is 1. The van der Waals surface area contributed by atoms with Crippen molar-refractivity contribution in [3.8, 4) is 0 Å². The molecular formula is C21H29NO2. The molecule has 3 aliphatic rings. The van der Waals surface area contributed by atoms with Crippen LogP contribution in [0.3, 0.4) is 0 Å². The molecule has 0 aromatic heterocycles. The van der Waals surface area contributed by atoms with Gasteiger partial charge in [-0.3, -0.25) is 9.69 Å². The topological polar surface area (TPSA) is 40.5 Å². The molecule has 0 radical (unpaired) electrons. The molecule has 1 aromatic rings. The van der Waals surface area contributed by atoms with Crippen molar-refractivity contribution in [2.75, 3.05) is 13.1 Å². The monoisotopic (exact) mass is 327 g/mol. The molecule has 24 heavy (non-hydrogen) atoms. The zero-order chi connectivity index (χ0) is 17.1. The third kappa shape index (κ3) is 2.36. The van der Waals surface area contributed by atoms with Gasteiger partial charge >= 0.3 is 0 Å². The van der Waals surface area contributed by atoms with E-state index in [-0.39, 0.29) is 23.8 Å². The molecule has 2 aliphatic carbocycles. The second-order valence-electron chi connectivity index (χ2n) is 8.54. The zero-order valence-electron chi connectivity index (χ0n) is 15.1. The third-order valence-electron chi connectivity index (χ3n) is 7.00. The lowest BCUT2D eigenvalue weighted by atomic mass is 9.60. The standard InChI is InChI=1S/C21H29NO2/c1-13-9-18-17(10-16(13)12-23)20(24)19-14(2)21(18,3)7-4-8-22(19)11-15-5-6-15/h9-10,14-15,19,23H,4-8,11-12H2,1-3H3/t14-,19-,21+/m0/s1. The minimum absolute atomic E-state index is 0.00904. The van der Waals surface area contributed by atoms with Crippen LogP contribution in [-0.2, 0) is 12.0 Å². The molecule has 0 spiro atoms. The van der Waals surface area contributed by atoms with E-state index in [2.05, 4.69) is 24.8 Å². The fourth-order valence-corrected chi connectivity index (χ4v) is 5.05. The molecule has 1 aliphatic heterocycles. The van der Waals surface area contributed by atoms with E-state index in [0.29, 0.717) is 5.92 Å². The highest BCUT2D eigenvalue weighted by Crippen LogP contribution is 2.49. The maximum absolute atomic E-state index is 13.4. The third-order valence-corrected chi connectivity index (χ3v) is 7.00. The van der Waals surface area contributed by atoms with E-state index >= 15 is 0 Å². The van der Waals surface area contributed by atoms with E-state index in [0.717, 1.165) is 48.5 Å². The first kappa shape index (κ1) is 16.3. The van der Waals surface area contributed by atoms with Gasteiger partial charge in [-0.25, -0.2) is 0 Å². The molecule has 1 heterocycles. The first-order valence-corrected chi connectivity index (χ1v) is 9.49. The summed E-state index contributed by atoms with van der Waals surface area (Å²) in [6.07, 6.45) is 4.96. The lowest BCUT2D eigenvalue weighted by molar-refractivity contribution is 0.0642. The van der Waals surface area contributed by atoms with Crippen molar-refractivity contribution in [3.63, 3.8) is 0 Å². The summed E-state index contributed by atoms with van der Waals surface area (Å²) < 4.78 is 0. The summed E-state index contributed by atoms with van der Waals surface area (Å²) in [5, 5.41) is 9.64. The van der Waals surface area contributed by atoms with E-state index in [4.69, 9.17) is 0 Å². The summed E-state index contributed by atoms with van der Waals surface area (Å²) in [7, 11) is 0. The van der Waals surface area contributed by atoms with E-state index in [1.807, 2.05) is 13.0 Å². The van der Waals surface area contributed by atoms with Crippen molar-refractivity contribution >= 4 is 5.78 Å². The molecule has 2 bridgehead atoms. The molecule has 0 unspecified atom stereocenters. The van der Waals surface area contributed by atoms with Crippen LogP contribution in [0.4, 0.5) is 0 Å². The highest BCUT2D eigenvalue weighted by Gasteiger charge is 2.51. The van der Waals surface area contributed by atoms with Gasteiger partial charge in [-0.2, -0.15) is 0 Å². The molecule has 1 aromatic carbocycles. The number of carbonyl (C=O) groups excluding carboxylic acids is 1. The molecule has 1 saturated carbocycles. The Morgan fingerprint density at radius 1 is 1.33 bits per heavy atom. The highest BCUT2D eigenvalue weighted by molar-refractivity contribution is 6.03. The number of hydrogen-bond acceptors (Lipinski definition) is 3. The number of likely N-dealkylation sites (tertiary alicyclic amines) is 1. The largest absolute Gasteiger partial charge is 0.392 e. The van der Waals surface area contributed by atoms with Gasteiger partial charge in [-0.05, 0) is 79.2 Å². The Balaban J connectivity index is 1.83. The van der Waals surface area contributed by atoms with Gasteiger partial charge in [-0.15, -0.1) is 0 Å². The molecule has 2 fully saturated rings. The maximum Gasteiger partial charge on any atom is 0.180 e. The lowest BCUT2D eigenvalue weighted by Crippen LogP contribution is -2.54. The Morgan fingerprint density at radius 3 is 2.75 bits per heavy atom. The van der Waals surface area contributed by atoms with Crippen LogP contribution < -0.4 is 0 Å². The summed E-state index contributed by atoms with van der Waals surface area (Å²) in [6.45, 7) is 8.83. The summed E-state index contributed by atoms with van der Waals surface area (Å²) in [5.74, 6) is 1.44. The zero-order valence-corrected chi connectivity index (χ0v) is 15.1. The van der Waals surface area contributed by atoms with Crippen molar-refractivity contribution in [1.29, 1.82) is 0 Å². The number of aryl methyl sites for hydroxylation is 1. The number of rotatable bonds is 3. The van der Waals surface area contributed by atoms with Crippen molar-refractivity contribution in [3.05, 3.63) is 34.4 Å². The first-order chi connectivity index (χ1) is 11.5. The van der Waals surface area contributed by atoms with Crippen molar-refractivity contribution < 1.29 is 9.90 Å². The average Bonchev–Trinajstić information content (AvgIpc) is 3.37. The van der Waals surface area contributed by atoms with Crippen LogP contribution in [0, 0.1) is 18.8 Å². The predicted molar refractivity (Wildman–Crippen MR) is 95.3 cm³/mol. The number of ketones is 1. The van der Waals surface area contributed by atoms with Gasteiger partial charge in [0, 0.05) is 12.1 Å². The fraction of sp³-hybridized carbons (Fsp3) is 0.667. The minimum atomic E-state index is 0.00904. The Morgan fingerprint density at radius 2 is 2.08 bits per heavy atom. The van der Waals surface area contributed by atoms with Crippen LogP contribution in [0.15, 0.2) is 12.1 Å². The molecule has 3 nitrogen and oxygen atoms in total. The smallest absolute Gasteiger partial charge is 0.180 e. The van der Waals surface area contributed by atoms with Gasteiger partial charge in [0.05, 0.1) is 12.6 Å². The summed E-state index contributed by atoms with van der Waals surface area (Å²) >= 11 is 0. The van der Waals surface area contributed by atoms with Crippen LogP contribution in [0.2, 0.25) is 0 Å². The van der Waals surface area contributed by atoms with Gasteiger partial charge in [0.1, 0.15) is 0 Å². The van der Waals surface area contributed by atoms with Crippen LogP contribution in [0.25, 0.3) is 0 Å². The van der Waals surface area contributed by atoms with Crippen LogP contribution >= 0.6 is 0 Å². The number of fused-ring (bicyclic) bond motifs is 4. The van der Waals surface area contributed by atoms with Gasteiger partial charge in [0.2, 0.25) is 0 Å². The van der Waals surface area contributed by atoms with E-state index in [1.54, 1.807) is 0 Å². The van der Waals surface area contributed by atoms with Gasteiger partial charge < -0.3 is 5.11 Å². The summed E-state index contributed by atoms with van der Waals surface area (Å²) in [6, 6.07) is 4.17. The van der Waals surface area contributed by atoms with Crippen LogP contribution in [-0.4, -0.2) is 34.9 Å². The van der Waals surface area contributed by atoms with E-state index in [1.165, 1.54) is 18.4 Å². The number of nitrogens with zero attached hydrogens (tertiary/aromatic N) is 1.